The Balaban J connectivity index is 2.36. The number of benzene rings is 2. The molecular weight excluding hydrogens is 383 g/mol. The van der Waals surface area contributed by atoms with Crippen LogP contribution in [0.2, 0.25) is 10.0 Å². The molecule has 0 aliphatic rings. The Labute approximate surface area is 167 Å². The molecule has 0 unspecified atom stereocenters. The van der Waals surface area contributed by atoms with E-state index in [9.17, 15) is 9.90 Å². The fraction of sp³-hybridized carbons (Fsp3) is 0.143. The number of hydrogen-bond acceptors (Lipinski definition) is 3. The largest absolute Gasteiger partial charge is 0.507 e. The Morgan fingerprint density at radius 3 is 2.26 bits per heavy atom. The number of aromatic hydroxyl groups is 1. The minimum absolute atomic E-state index is 0.184. The zero-order valence-electron chi connectivity index (χ0n) is 14.8. The molecule has 0 bridgehead atoms. The van der Waals surface area contributed by atoms with E-state index in [2.05, 4.69) is 18.1 Å². The third-order valence-electron chi connectivity index (χ3n) is 4.30. The summed E-state index contributed by atoms with van der Waals surface area (Å²) in [6.45, 7) is 9.19. The maximum absolute atomic E-state index is 13.2. The number of hydrogen-bond donors (Lipinski definition) is 1. The molecule has 3 rings (SSSR count). The molecule has 0 amide bonds. The number of aromatic nitrogens is 2. The molecule has 2 aromatic carbocycles. The van der Waals surface area contributed by atoms with Gasteiger partial charge in [-0.1, -0.05) is 35.4 Å². The smallest absolute Gasteiger partial charge is 0.266 e. The Morgan fingerprint density at radius 1 is 1.11 bits per heavy atom. The predicted octanol–water partition coefficient (Wildman–Crippen LogP) is 5.16. The Morgan fingerprint density at radius 2 is 1.70 bits per heavy atom. The maximum atomic E-state index is 13.2. The summed E-state index contributed by atoms with van der Waals surface area (Å²) in [5, 5.41) is 11.5. The van der Waals surface area contributed by atoms with Crippen LogP contribution in [-0.4, -0.2) is 14.7 Å². The molecule has 0 aliphatic heterocycles. The average molecular weight is 401 g/mol. The second kappa shape index (κ2) is 7.59. The van der Waals surface area contributed by atoms with Crippen molar-refractivity contribution in [2.45, 2.75) is 19.8 Å². The number of nitrogens with zero attached hydrogens (tertiary/aromatic N) is 2. The number of halogens is 2. The van der Waals surface area contributed by atoms with Crippen molar-refractivity contribution in [1.29, 1.82) is 0 Å². The van der Waals surface area contributed by atoms with Crippen LogP contribution in [0.15, 0.2) is 54.4 Å². The number of phenols is 1. The summed E-state index contributed by atoms with van der Waals surface area (Å²) in [6, 6.07) is 6.64. The molecule has 4 nitrogen and oxygen atoms in total. The summed E-state index contributed by atoms with van der Waals surface area (Å²) >= 11 is 12.3. The lowest BCUT2D eigenvalue weighted by molar-refractivity contribution is 0.464. The molecule has 6 heteroatoms. The highest BCUT2D eigenvalue weighted by Gasteiger charge is 2.16. The van der Waals surface area contributed by atoms with Gasteiger partial charge in [-0.2, -0.15) is 0 Å². The Bertz CT molecular complexity index is 1100. The summed E-state index contributed by atoms with van der Waals surface area (Å²) < 4.78 is 1.49. The molecule has 1 heterocycles. The van der Waals surface area contributed by atoms with Gasteiger partial charge in [0.15, 0.2) is 0 Å². The van der Waals surface area contributed by atoms with E-state index in [1.54, 1.807) is 43.3 Å². The molecule has 0 aliphatic carbocycles. The molecule has 0 radical (unpaired) electrons. The van der Waals surface area contributed by atoms with Crippen molar-refractivity contribution in [2.24, 2.45) is 0 Å². The molecule has 0 saturated heterocycles. The van der Waals surface area contributed by atoms with Crippen molar-refractivity contribution in [3.05, 3.63) is 86.9 Å². The van der Waals surface area contributed by atoms with Crippen LogP contribution < -0.4 is 5.56 Å². The van der Waals surface area contributed by atoms with Crippen LogP contribution in [0.1, 0.15) is 17.0 Å². The van der Waals surface area contributed by atoms with E-state index in [1.165, 1.54) is 4.57 Å². The lowest BCUT2D eigenvalue weighted by Gasteiger charge is -2.16. The first-order valence-electron chi connectivity index (χ1n) is 8.32. The number of rotatable bonds is 5. The topological polar surface area (TPSA) is 55.1 Å². The number of aryl methyl sites for hydroxylation is 1. The second-order valence-corrected chi connectivity index (χ2v) is 7.03. The molecule has 0 fully saturated rings. The van der Waals surface area contributed by atoms with Crippen LogP contribution in [0, 0.1) is 6.92 Å². The van der Waals surface area contributed by atoms with Crippen LogP contribution in [0.4, 0.5) is 0 Å². The fourth-order valence-electron chi connectivity index (χ4n) is 3.12. The van der Waals surface area contributed by atoms with Gasteiger partial charge in [0.1, 0.15) is 11.6 Å². The third-order valence-corrected chi connectivity index (χ3v) is 4.80. The van der Waals surface area contributed by atoms with Crippen LogP contribution in [0.5, 0.6) is 5.75 Å². The molecule has 0 atom stereocenters. The van der Waals surface area contributed by atoms with Gasteiger partial charge in [0.2, 0.25) is 0 Å². The minimum atomic E-state index is -0.276. The van der Waals surface area contributed by atoms with Crippen molar-refractivity contribution >= 4 is 34.1 Å². The minimum Gasteiger partial charge on any atom is -0.507 e. The summed E-state index contributed by atoms with van der Waals surface area (Å²) in [6.07, 6.45) is 4.33. The summed E-state index contributed by atoms with van der Waals surface area (Å²) in [5.41, 5.74) is 2.09. The normalized spacial score (nSPS) is 10.9. The lowest BCUT2D eigenvalue weighted by Crippen LogP contribution is -2.22. The van der Waals surface area contributed by atoms with E-state index in [-0.39, 0.29) is 11.3 Å². The van der Waals surface area contributed by atoms with E-state index in [1.807, 2.05) is 0 Å². The van der Waals surface area contributed by atoms with E-state index >= 15 is 0 Å². The van der Waals surface area contributed by atoms with Gasteiger partial charge in [-0.05, 0) is 55.2 Å². The fourth-order valence-corrected chi connectivity index (χ4v) is 3.65. The zero-order valence-corrected chi connectivity index (χ0v) is 16.3. The van der Waals surface area contributed by atoms with Gasteiger partial charge in [0, 0.05) is 5.02 Å². The van der Waals surface area contributed by atoms with Gasteiger partial charge in [-0.25, -0.2) is 4.98 Å². The van der Waals surface area contributed by atoms with Gasteiger partial charge in [-0.15, -0.1) is 13.2 Å². The van der Waals surface area contributed by atoms with Crippen LogP contribution in [-0.2, 0) is 12.8 Å². The lowest BCUT2D eigenvalue weighted by atomic mass is 10.0. The van der Waals surface area contributed by atoms with Crippen molar-refractivity contribution in [3.8, 4) is 11.4 Å². The van der Waals surface area contributed by atoms with Gasteiger partial charge in [0.25, 0.3) is 5.56 Å². The number of fused-ring (bicyclic) bond motifs is 1. The first-order chi connectivity index (χ1) is 12.9. The van der Waals surface area contributed by atoms with Crippen LogP contribution in [0.25, 0.3) is 16.6 Å². The molecular formula is C21H18Cl2N2O2. The van der Waals surface area contributed by atoms with Gasteiger partial charge >= 0.3 is 0 Å². The standard InChI is InChI=1S/C21H18Cl2N2O2/c1-4-6-13-8-16(9-14(7-5-2)20(13)26)25-12(3)24-19-17(21(25)27)10-15(22)11-18(19)23/h4-5,8-11,26H,1-2,6-7H2,3H3. The van der Waals surface area contributed by atoms with Crippen LogP contribution >= 0.6 is 23.2 Å². The van der Waals surface area contributed by atoms with E-state index in [0.717, 1.165) is 0 Å². The molecule has 1 N–H and O–H groups in total. The molecule has 3 aromatic rings. The summed E-state index contributed by atoms with van der Waals surface area (Å²) in [4.78, 5) is 17.7. The van der Waals surface area contributed by atoms with Gasteiger partial charge in [0.05, 0.1) is 21.6 Å². The Hall–Kier alpha value is -2.56. The van der Waals surface area contributed by atoms with E-state index in [4.69, 9.17) is 23.2 Å². The van der Waals surface area contributed by atoms with Crippen LogP contribution in [0.3, 0.4) is 0 Å². The SMILES string of the molecule is C=CCc1cc(-n2c(C)nc3c(Cl)cc(Cl)cc3c2=O)cc(CC=C)c1O. The highest BCUT2D eigenvalue weighted by Crippen LogP contribution is 2.29. The number of allylic oxidation sites excluding steroid dienone is 2. The second-order valence-electron chi connectivity index (χ2n) is 6.18. The summed E-state index contributed by atoms with van der Waals surface area (Å²) in [5.74, 6) is 0.667. The number of phenolic OH excluding ortho intramolecular Hbond substituents is 1. The third kappa shape index (κ3) is 3.51. The average Bonchev–Trinajstić information content (AvgIpc) is 2.60. The summed E-state index contributed by atoms with van der Waals surface area (Å²) in [7, 11) is 0. The molecule has 1 aromatic heterocycles. The van der Waals surface area contributed by atoms with Crippen molar-refractivity contribution < 1.29 is 5.11 Å². The van der Waals surface area contributed by atoms with Gasteiger partial charge in [-0.3, -0.25) is 9.36 Å². The predicted molar refractivity (Wildman–Crippen MR) is 112 cm³/mol. The maximum Gasteiger partial charge on any atom is 0.266 e. The van der Waals surface area contributed by atoms with Gasteiger partial charge < -0.3 is 5.11 Å². The molecule has 0 spiro atoms. The van der Waals surface area contributed by atoms with Crippen molar-refractivity contribution in [2.75, 3.05) is 0 Å². The molecule has 0 saturated carbocycles. The zero-order chi connectivity index (χ0) is 19.7. The molecule has 27 heavy (non-hydrogen) atoms. The monoisotopic (exact) mass is 400 g/mol. The highest BCUT2D eigenvalue weighted by atomic mass is 35.5. The van der Waals surface area contributed by atoms with Crippen molar-refractivity contribution in [1.82, 2.24) is 9.55 Å². The first-order valence-corrected chi connectivity index (χ1v) is 9.08. The first kappa shape index (κ1) is 19.2. The van der Waals surface area contributed by atoms with E-state index in [0.29, 0.717) is 56.4 Å². The highest BCUT2D eigenvalue weighted by molar-refractivity contribution is 6.38. The van der Waals surface area contributed by atoms with E-state index < -0.39 is 0 Å². The molecule has 138 valence electrons. The quantitative estimate of drug-likeness (QED) is 0.601. The van der Waals surface area contributed by atoms with Crippen molar-refractivity contribution in [3.63, 3.8) is 0 Å². The Kier molecular flexibility index (Phi) is 5.40.